The predicted octanol–water partition coefficient (Wildman–Crippen LogP) is 3.24. The lowest BCUT2D eigenvalue weighted by atomic mass is 10.0. The van der Waals surface area contributed by atoms with Crippen LogP contribution in [0.4, 0.5) is 0 Å². The molecule has 2 aromatic carbocycles. The van der Waals surface area contributed by atoms with Crippen LogP contribution in [0.15, 0.2) is 48.5 Å². The standard InChI is InChI=1S/C16H10N2O/c17-9-11-3-1-5-13(7-11)15-16(19-15)14-6-2-4-12(8-14)10-18/h1-8,15-16H/t15-,16+. The van der Waals surface area contributed by atoms with Crippen molar-refractivity contribution >= 4 is 0 Å². The molecule has 2 aromatic rings. The van der Waals surface area contributed by atoms with Gasteiger partial charge in [-0.05, 0) is 35.4 Å². The Kier molecular flexibility index (Phi) is 2.76. The molecule has 90 valence electrons. The van der Waals surface area contributed by atoms with E-state index in [-0.39, 0.29) is 12.2 Å². The first kappa shape index (κ1) is 11.5. The van der Waals surface area contributed by atoms with E-state index in [9.17, 15) is 0 Å². The summed E-state index contributed by atoms with van der Waals surface area (Å²) in [4.78, 5) is 0. The molecule has 1 saturated heterocycles. The molecule has 0 aliphatic carbocycles. The van der Waals surface area contributed by atoms with Crippen molar-refractivity contribution < 1.29 is 4.74 Å². The van der Waals surface area contributed by atoms with Gasteiger partial charge in [-0.15, -0.1) is 0 Å². The van der Waals surface area contributed by atoms with Crippen molar-refractivity contribution in [3.05, 3.63) is 70.8 Å². The topological polar surface area (TPSA) is 60.1 Å². The predicted molar refractivity (Wildman–Crippen MR) is 68.9 cm³/mol. The summed E-state index contributed by atoms with van der Waals surface area (Å²) in [5.74, 6) is 0. The fraction of sp³-hybridized carbons (Fsp3) is 0.125. The minimum absolute atomic E-state index is 0.0118. The quantitative estimate of drug-likeness (QED) is 0.764. The average Bonchev–Trinajstić information content (AvgIpc) is 3.28. The molecule has 1 aliphatic rings. The van der Waals surface area contributed by atoms with Crippen molar-refractivity contribution in [2.24, 2.45) is 0 Å². The van der Waals surface area contributed by atoms with Gasteiger partial charge in [0.1, 0.15) is 12.2 Å². The Morgan fingerprint density at radius 3 is 1.68 bits per heavy atom. The van der Waals surface area contributed by atoms with Crippen LogP contribution >= 0.6 is 0 Å². The van der Waals surface area contributed by atoms with E-state index in [4.69, 9.17) is 15.3 Å². The second-order valence-corrected chi connectivity index (χ2v) is 4.45. The van der Waals surface area contributed by atoms with Gasteiger partial charge in [-0.2, -0.15) is 10.5 Å². The summed E-state index contributed by atoms with van der Waals surface area (Å²) < 4.78 is 5.67. The van der Waals surface area contributed by atoms with Gasteiger partial charge in [-0.1, -0.05) is 24.3 Å². The first-order valence-corrected chi connectivity index (χ1v) is 5.97. The molecule has 0 N–H and O–H groups in total. The highest BCUT2D eigenvalue weighted by Crippen LogP contribution is 2.50. The van der Waals surface area contributed by atoms with Gasteiger partial charge < -0.3 is 4.74 Å². The number of hydrogen-bond donors (Lipinski definition) is 0. The Morgan fingerprint density at radius 1 is 0.789 bits per heavy atom. The van der Waals surface area contributed by atoms with Crippen LogP contribution in [-0.4, -0.2) is 0 Å². The highest BCUT2D eigenvalue weighted by Gasteiger charge is 2.41. The number of nitrogens with zero attached hydrogens (tertiary/aromatic N) is 2. The number of nitriles is 2. The van der Waals surface area contributed by atoms with Crippen molar-refractivity contribution in [1.29, 1.82) is 10.5 Å². The lowest BCUT2D eigenvalue weighted by molar-refractivity contribution is 0.377. The zero-order valence-electron chi connectivity index (χ0n) is 10.1. The summed E-state index contributed by atoms with van der Waals surface area (Å²) in [5, 5.41) is 17.8. The highest BCUT2D eigenvalue weighted by atomic mass is 16.6. The van der Waals surface area contributed by atoms with Crippen molar-refractivity contribution in [3.8, 4) is 12.1 Å². The Hall–Kier alpha value is -2.62. The molecule has 0 aromatic heterocycles. The fourth-order valence-corrected chi connectivity index (χ4v) is 2.19. The van der Waals surface area contributed by atoms with Gasteiger partial charge in [0.05, 0.1) is 23.3 Å². The molecule has 1 fully saturated rings. The third kappa shape index (κ3) is 2.20. The van der Waals surface area contributed by atoms with Crippen molar-refractivity contribution in [1.82, 2.24) is 0 Å². The molecule has 0 amide bonds. The number of rotatable bonds is 2. The first-order valence-electron chi connectivity index (χ1n) is 5.97. The summed E-state index contributed by atoms with van der Waals surface area (Å²) in [5.41, 5.74) is 3.29. The second-order valence-electron chi connectivity index (χ2n) is 4.45. The molecule has 1 aliphatic heterocycles. The molecule has 0 saturated carbocycles. The van der Waals surface area contributed by atoms with Crippen molar-refractivity contribution in [3.63, 3.8) is 0 Å². The molecule has 19 heavy (non-hydrogen) atoms. The SMILES string of the molecule is N#Cc1cccc([C@H]2O[C@H]2c2cccc(C#N)c2)c1. The van der Waals surface area contributed by atoms with E-state index in [1.165, 1.54) is 0 Å². The normalized spacial score (nSPS) is 20.3. The first-order chi connectivity index (χ1) is 9.31. The van der Waals surface area contributed by atoms with Gasteiger partial charge in [-0.25, -0.2) is 0 Å². The number of ether oxygens (including phenoxy) is 1. The van der Waals surface area contributed by atoms with E-state index in [1.54, 1.807) is 12.1 Å². The van der Waals surface area contributed by atoms with E-state index in [0.717, 1.165) is 11.1 Å². The van der Waals surface area contributed by atoms with Crippen LogP contribution in [-0.2, 0) is 4.74 Å². The summed E-state index contributed by atoms with van der Waals surface area (Å²) in [6, 6.07) is 19.1. The Morgan fingerprint density at radius 2 is 1.26 bits per heavy atom. The van der Waals surface area contributed by atoms with E-state index in [1.807, 2.05) is 36.4 Å². The van der Waals surface area contributed by atoms with Crippen LogP contribution in [0.25, 0.3) is 0 Å². The second kappa shape index (κ2) is 4.57. The lowest BCUT2D eigenvalue weighted by Crippen LogP contribution is -1.86. The Bertz CT molecular complexity index is 648. The van der Waals surface area contributed by atoms with Gasteiger partial charge in [0, 0.05) is 0 Å². The zero-order valence-corrected chi connectivity index (χ0v) is 10.1. The van der Waals surface area contributed by atoms with E-state index >= 15 is 0 Å². The number of benzene rings is 2. The smallest absolute Gasteiger partial charge is 0.114 e. The lowest BCUT2D eigenvalue weighted by Gasteiger charge is -1.98. The van der Waals surface area contributed by atoms with Gasteiger partial charge in [-0.3, -0.25) is 0 Å². The molecule has 0 spiro atoms. The van der Waals surface area contributed by atoms with Crippen LogP contribution in [0.2, 0.25) is 0 Å². The maximum Gasteiger partial charge on any atom is 0.114 e. The molecule has 0 radical (unpaired) electrons. The fourth-order valence-electron chi connectivity index (χ4n) is 2.19. The van der Waals surface area contributed by atoms with Crippen molar-refractivity contribution in [2.75, 3.05) is 0 Å². The summed E-state index contributed by atoms with van der Waals surface area (Å²) in [6.07, 6.45) is -0.0236. The minimum Gasteiger partial charge on any atom is -0.359 e. The molecule has 2 atom stereocenters. The summed E-state index contributed by atoms with van der Waals surface area (Å²) in [6.45, 7) is 0. The Balaban J connectivity index is 1.84. The third-order valence-corrected chi connectivity index (χ3v) is 3.18. The molecule has 1 heterocycles. The monoisotopic (exact) mass is 246 g/mol. The number of hydrogen-bond acceptors (Lipinski definition) is 3. The van der Waals surface area contributed by atoms with Crippen LogP contribution in [0.5, 0.6) is 0 Å². The van der Waals surface area contributed by atoms with E-state index in [2.05, 4.69) is 12.1 Å². The largest absolute Gasteiger partial charge is 0.359 e. The Labute approximate surface area is 111 Å². The molecular formula is C16H10N2O. The average molecular weight is 246 g/mol. The van der Waals surface area contributed by atoms with Crippen LogP contribution < -0.4 is 0 Å². The maximum atomic E-state index is 8.89. The zero-order chi connectivity index (χ0) is 13.2. The summed E-state index contributed by atoms with van der Waals surface area (Å²) >= 11 is 0. The number of epoxide rings is 1. The summed E-state index contributed by atoms with van der Waals surface area (Å²) in [7, 11) is 0. The van der Waals surface area contributed by atoms with E-state index < -0.39 is 0 Å². The maximum absolute atomic E-state index is 8.89. The van der Waals surface area contributed by atoms with Gasteiger partial charge in [0.2, 0.25) is 0 Å². The minimum atomic E-state index is -0.0118. The molecule has 3 rings (SSSR count). The van der Waals surface area contributed by atoms with E-state index in [0.29, 0.717) is 11.1 Å². The molecule has 0 unspecified atom stereocenters. The third-order valence-electron chi connectivity index (χ3n) is 3.18. The van der Waals surface area contributed by atoms with Gasteiger partial charge >= 0.3 is 0 Å². The van der Waals surface area contributed by atoms with Crippen LogP contribution in [0, 0.1) is 22.7 Å². The van der Waals surface area contributed by atoms with Crippen LogP contribution in [0.3, 0.4) is 0 Å². The molecular weight excluding hydrogens is 236 g/mol. The molecule has 0 bridgehead atoms. The van der Waals surface area contributed by atoms with Gasteiger partial charge in [0.25, 0.3) is 0 Å². The molecule has 3 heteroatoms. The highest BCUT2D eigenvalue weighted by molar-refractivity contribution is 5.39. The van der Waals surface area contributed by atoms with Crippen LogP contribution in [0.1, 0.15) is 34.5 Å². The van der Waals surface area contributed by atoms with Crippen molar-refractivity contribution in [2.45, 2.75) is 12.2 Å². The molecule has 3 nitrogen and oxygen atoms in total. The van der Waals surface area contributed by atoms with Gasteiger partial charge in [0.15, 0.2) is 0 Å².